The van der Waals surface area contributed by atoms with Gasteiger partial charge in [0.2, 0.25) is 11.8 Å². The van der Waals surface area contributed by atoms with Crippen molar-refractivity contribution in [3.05, 3.63) is 30.1 Å². The van der Waals surface area contributed by atoms with Crippen molar-refractivity contribution in [3.63, 3.8) is 0 Å². The van der Waals surface area contributed by atoms with Gasteiger partial charge in [-0.2, -0.15) is 0 Å². The number of hydrogen-bond acceptors (Lipinski definition) is 6. The minimum absolute atomic E-state index is 0.0291. The van der Waals surface area contributed by atoms with Crippen molar-refractivity contribution >= 4 is 23.7 Å². The quantitative estimate of drug-likeness (QED) is 0.757. The van der Waals surface area contributed by atoms with Crippen LogP contribution in [-0.2, 0) is 4.79 Å². The Labute approximate surface area is 160 Å². The zero-order valence-corrected chi connectivity index (χ0v) is 15.7. The average Bonchev–Trinajstić information content (AvgIpc) is 3.11. The van der Waals surface area contributed by atoms with Crippen molar-refractivity contribution in [2.24, 2.45) is 5.92 Å². The average molecular weight is 392 g/mol. The van der Waals surface area contributed by atoms with Gasteiger partial charge in [0.25, 0.3) is 5.22 Å². The highest BCUT2D eigenvalue weighted by atomic mass is 32.2. The number of benzene rings is 1. The molecule has 1 saturated carbocycles. The smallest absolute Gasteiger partial charge is 0.321 e. The number of urea groups is 1. The molecule has 0 spiro atoms. The van der Waals surface area contributed by atoms with Gasteiger partial charge in [-0.15, -0.1) is 10.2 Å². The van der Waals surface area contributed by atoms with E-state index in [1.165, 1.54) is 30.7 Å². The maximum Gasteiger partial charge on any atom is 0.321 e. The first kappa shape index (κ1) is 19.3. The highest BCUT2D eigenvalue weighted by Gasteiger charge is 2.23. The molecule has 0 unspecified atom stereocenters. The molecular formula is C18H21FN4O3S. The maximum absolute atomic E-state index is 12.9. The Balaban J connectivity index is 1.45. The second-order valence-electron chi connectivity index (χ2n) is 6.56. The number of hydrogen-bond donors (Lipinski definition) is 2. The van der Waals surface area contributed by atoms with Crippen LogP contribution in [0.2, 0.25) is 0 Å². The van der Waals surface area contributed by atoms with E-state index in [2.05, 4.69) is 27.8 Å². The van der Waals surface area contributed by atoms with Crippen molar-refractivity contribution < 1.29 is 18.4 Å². The number of nitrogens with zero attached hydrogens (tertiary/aromatic N) is 2. The third kappa shape index (κ3) is 5.53. The molecule has 2 N–H and O–H groups in total. The van der Waals surface area contributed by atoms with Crippen LogP contribution in [0.3, 0.4) is 0 Å². The van der Waals surface area contributed by atoms with Gasteiger partial charge in [-0.1, -0.05) is 31.5 Å². The second-order valence-corrected chi connectivity index (χ2v) is 7.49. The van der Waals surface area contributed by atoms with Crippen LogP contribution in [0, 0.1) is 11.7 Å². The number of imide groups is 1. The largest absolute Gasteiger partial charge is 0.411 e. The molecule has 0 radical (unpaired) electrons. The Kier molecular flexibility index (Phi) is 6.44. The summed E-state index contributed by atoms with van der Waals surface area (Å²) in [4.78, 5) is 23.9. The molecule has 27 heavy (non-hydrogen) atoms. The molecule has 9 heteroatoms. The Morgan fingerprint density at radius 1 is 1.22 bits per heavy atom. The van der Waals surface area contributed by atoms with Gasteiger partial charge in [0, 0.05) is 11.6 Å². The number of aromatic nitrogens is 2. The second kappa shape index (κ2) is 8.98. The molecule has 144 valence electrons. The van der Waals surface area contributed by atoms with E-state index in [9.17, 15) is 14.0 Å². The molecule has 3 amide bonds. The van der Waals surface area contributed by atoms with E-state index in [4.69, 9.17) is 4.42 Å². The molecule has 1 aromatic carbocycles. The van der Waals surface area contributed by atoms with Crippen molar-refractivity contribution in [3.8, 4) is 11.5 Å². The first-order valence-corrected chi connectivity index (χ1v) is 9.82. The van der Waals surface area contributed by atoms with E-state index in [1.54, 1.807) is 0 Å². The van der Waals surface area contributed by atoms with Crippen LogP contribution in [0.5, 0.6) is 0 Å². The molecule has 0 bridgehead atoms. The summed E-state index contributed by atoms with van der Waals surface area (Å²) in [5.74, 6) is -0.175. The predicted molar refractivity (Wildman–Crippen MR) is 98.5 cm³/mol. The van der Waals surface area contributed by atoms with E-state index < -0.39 is 11.9 Å². The van der Waals surface area contributed by atoms with E-state index in [0.717, 1.165) is 31.0 Å². The number of carbonyl (C=O) groups excluding carboxylic acids is 2. The molecule has 0 saturated heterocycles. The first-order chi connectivity index (χ1) is 13.0. The predicted octanol–water partition coefficient (Wildman–Crippen LogP) is 3.37. The number of carbonyl (C=O) groups is 2. The zero-order chi connectivity index (χ0) is 19.2. The Bertz CT molecular complexity index is 796. The van der Waals surface area contributed by atoms with Crippen molar-refractivity contribution in [2.75, 3.05) is 5.75 Å². The Morgan fingerprint density at radius 3 is 2.70 bits per heavy atom. The number of rotatable bonds is 5. The summed E-state index contributed by atoms with van der Waals surface area (Å²) in [6, 6.07) is 5.28. The van der Waals surface area contributed by atoms with Crippen molar-refractivity contribution in [2.45, 2.75) is 43.9 Å². The van der Waals surface area contributed by atoms with Gasteiger partial charge >= 0.3 is 6.03 Å². The summed E-state index contributed by atoms with van der Waals surface area (Å²) in [5.41, 5.74) is 0.584. The number of nitrogens with one attached hydrogen (secondary N) is 2. The molecule has 3 rings (SSSR count). The normalized spacial score (nSPS) is 19.5. The third-order valence-corrected chi connectivity index (χ3v) is 5.32. The zero-order valence-electron chi connectivity index (χ0n) is 14.9. The fraction of sp³-hybridized carbons (Fsp3) is 0.444. The molecule has 2 aromatic rings. The lowest BCUT2D eigenvalue weighted by atomic mass is 9.86. The topological polar surface area (TPSA) is 97.1 Å². The van der Waals surface area contributed by atoms with E-state index in [-0.39, 0.29) is 28.7 Å². The van der Waals surface area contributed by atoms with Crippen LogP contribution in [0.15, 0.2) is 33.9 Å². The molecular weight excluding hydrogens is 371 g/mol. The van der Waals surface area contributed by atoms with Gasteiger partial charge < -0.3 is 9.73 Å². The van der Waals surface area contributed by atoms with E-state index in [0.29, 0.717) is 11.5 Å². The molecule has 1 fully saturated rings. The lowest BCUT2D eigenvalue weighted by molar-refractivity contribution is -0.117. The first-order valence-electron chi connectivity index (χ1n) is 8.84. The monoisotopic (exact) mass is 392 g/mol. The van der Waals surface area contributed by atoms with Gasteiger partial charge in [-0.05, 0) is 43.0 Å². The summed E-state index contributed by atoms with van der Waals surface area (Å²) < 4.78 is 18.4. The van der Waals surface area contributed by atoms with Crippen LogP contribution in [0.1, 0.15) is 32.6 Å². The van der Waals surface area contributed by atoms with E-state index in [1.807, 2.05) is 0 Å². The lowest BCUT2D eigenvalue weighted by Gasteiger charge is -2.29. The fourth-order valence-electron chi connectivity index (χ4n) is 3.00. The minimum Gasteiger partial charge on any atom is -0.411 e. The van der Waals surface area contributed by atoms with Gasteiger partial charge in [0.05, 0.1) is 5.75 Å². The lowest BCUT2D eigenvalue weighted by Crippen LogP contribution is -2.48. The van der Waals surface area contributed by atoms with Gasteiger partial charge in [0.1, 0.15) is 5.82 Å². The molecule has 1 aliphatic carbocycles. The van der Waals surface area contributed by atoms with Crippen molar-refractivity contribution in [1.82, 2.24) is 20.8 Å². The van der Waals surface area contributed by atoms with Crippen LogP contribution >= 0.6 is 11.8 Å². The summed E-state index contributed by atoms with van der Waals surface area (Å²) in [7, 11) is 0. The number of amides is 3. The maximum atomic E-state index is 12.9. The molecule has 1 heterocycles. The van der Waals surface area contributed by atoms with E-state index >= 15 is 0 Å². The SMILES string of the molecule is C[C@H]1CCCC[C@@H]1NC(=O)NC(=O)CSc1nnc(-c2ccc(F)cc2)o1. The van der Waals surface area contributed by atoms with Crippen LogP contribution < -0.4 is 10.6 Å². The summed E-state index contributed by atoms with van der Waals surface area (Å²) >= 11 is 1.03. The standard InChI is InChI=1S/C18H21FN4O3S/c1-11-4-2-3-5-14(11)20-17(25)21-15(24)10-27-18-23-22-16(26-18)12-6-8-13(19)9-7-12/h6-9,11,14H,2-5,10H2,1H3,(H2,20,21,24,25)/t11-,14-/m0/s1. The molecule has 1 aromatic heterocycles. The van der Waals surface area contributed by atoms with Crippen LogP contribution in [-0.4, -0.2) is 33.9 Å². The number of halogens is 1. The molecule has 0 aliphatic heterocycles. The minimum atomic E-state index is -0.475. The van der Waals surface area contributed by atoms with Gasteiger partial charge in [-0.3, -0.25) is 10.1 Å². The summed E-state index contributed by atoms with van der Waals surface area (Å²) in [6.07, 6.45) is 4.29. The molecule has 1 aliphatic rings. The van der Waals surface area contributed by atoms with Crippen LogP contribution in [0.4, 0.5) is 9.18 Å². The summed E-state index contributed by atoms with van der Waals surface area (Å²) in [6.45, 7) is 2.11. The summed E-state index contributed by atoms with van der Waals surface area (Å²) in [5, 5.41) is 13.1. The number of thioether (sulfide) groups is 1. The third-order valence-electron chi connectivity index (χ3n) is 4.51. The highest BCUT2D eigenvalue weighted by molar-refractivity contribution is 7.99. The Hall–Kier alpha value is -2.42. The highest BCUT2D eigenvalue weighted by Crippen LogP contribution is 2.24. The van der Waals surface area contributed by atoms with Gasteiger partial charge in [-0.25, -0.2) is 9.18 Å². The molecule has 2 atom stereocenters. The van der Waals surface area contributed by atoms with Crippen LogP contribution in [0.25, 0.3) is 11.5 Å². The van der Waals surface area contributed by atoms with Gasteiger partial charge in [0.15, 0.2) is 0 Å². The fourth-order valence-corrected chi connectivity index (χ4v) is 3.57. The van der Waals surface area contributed by atoms with Crippen molar-refractivity contribution in [1.29, 1.82) is 0 Å². The Morgan fingerprint density at radius 2 is 1.96 bits per heavy atom. The molecule has 7 nitrogen and oxygen atoms in total.